The third-order valence-corrected chi connectivity index (χ3v) is 2.62. The van der Waals surface area contributed by atoms with E-state index in [9.17, 15) is 9.59 Å². The first-order valence-corrected chi connectivity index (χ1v) is 5.61. The summed E-state index contributed by atoms with van der Waals surface area (Å²) in [6.45, 7) is 1.46. The number of carbonyl (C=O) groups is 1. The lowest BCUT2D eigenvalue weighted by Gasteiger charge is -2.09. The highest BCUT2D eigenvalue weighted by Gasteiger charge is 2.18. The van der Waals surface area contributed by atoms with Gasteiger partial charge < -0.3 is 4.74 Å². The molecule has 96 valence electrons. The Labute approximate surface area is 108 Å². The zero-order valence-electron chi connectivity index (χ0n) is 10.5. The molecule has 1 aromatic heterocycles. The molecule has 2 rings (SSSR count). The van der Waals surface area contributed by atoms with Crippen molar-refractivity contribution in [2.75, 3.05) is 0 Å². The number of ether oxygens (including phenoxy) is 1. The van der Waals surface area contributed by atoms with Crippen LogP contribution in [0.4, 0.5) is 0 Å². The zero-order chi connectivity index (χ0) is 14.0. The lowest BCUT2D eigenvalue weighted by atomic mass is 10.1. The first kappa shape index (κ1) is 12.8. The number of fused-ring (bicyclic) bond motifs is 1. The highest BCUT2D eigenvalue weighted by Crippen LogP contribution is 2.14. The van der Waals surface area contributed by atoms with E-state index in [-0.39, 0.29) is 11.3 Å². The molecule has 1 atom stereocenters. The summed E-state index contributed by atoms with van der Waals surface area (Å²) in [5.41, 5.74) is -0.264. The van der Waals surface area contributed by atoms with Crippen LogP contribution in [0.2, 0.25) is 0 Å². The number of hydrogen-bond acceptors (Lipinski definition) is 5. The second-order valence-electron chi connectivity index (χ2n) is 4.00. The first-order valence-electron chi connectivity index (χ1n) is 5.61. The van der Waals surface area contributed by atoms with Gasteiger partial charge in [-0.2, -0.15) is 10.4 Å². The van der Waals surface area contributed by atoms with E-state index in [4.69, 9.17) is 10.00 Å². The van der Waals surface area contributed by atoms with Crippen LogP contribution in [0.5, 0.6) is 0 Å². The molecule has 0 saturated carbocycles. The fourth-order valence-corrected chi connectivity index (χ4v) is 1.69. The molecular weight excluding hydrogens is 246 g/mol. The van der Waals surface area contributed by atoms with Crippen LogP contribution < -0.4 is 5.56 Å². The molecule has 0 N–H and O–H groups in total. The molecular formula is C13H11N3O3. The Morgan fingerprint density at radius 2 is 2.05 bits per heavy atom. The average Bonchev–Trinajstić information content (AvgIpc) is 2.42. The largest absolute Gasteiger partial charge is 0.442 e. The van der Waals surface area contributed by atoms with Gasteiger partial charge in [0.2, 0.25) is 0 Å². The van der Waals surface area contributed by atoms with E-state index >= 15 is 0 Å². The molecule has 0 amide bonds. The number of hydrogen-bond donors (Lipinski definition) is 0. The van der Waals surface area contributed by atoms with Gasteiger partial charge in [-0.1, -0.05) is 18.2 Å². The summed E-state index contributed by atoms with van der Waals surface area (Å²) in [6, 6.07) is 8.45. The third-order valence-electron chi connectivity index (χ3n) is 2.62. The average molecular weight is 257 g/mol. The summed E-state index contributed by atoms with van der Waals surface area (Å²) in [4.78, 5) is 23.8. The lowest BCUT2D eigenvalue weighted by molar-refractivity contribution is 0.0428. The van der Waals surface area contributed by atoms with Crippen LogP contribution in [-0.2, 0) is 11.8 Å². The number of aromatic nitrogens is 2. The molecule has 0 aliphatic carbocycles. The van der Waals surface area contributed by atoms with Crippen molar-refractivity contribution < 1.29 is 9.53 Å². The number of carbonyl (C=O) groups excluding carboxylic acids is 1. The van der Waals surface area contributed by atoms with E-state index < -0.39 is 12.1 Å². The maximum atomic E-state index is 11.9. The Bertz CT molecular complexity index is 743. The molecule has 0 spiro atoms. The van der Waals surface area contributed by atoms with Crippen LogP contribution in [0.25, 0.3) is 10.8 Å². The van der Waals surface area contributed by atoms with Gasteiger partial charge in [-0.05, 0) is 13.0 Å². The Hall–Kier alpha value is -2.68. The summed E-state index contributed by atoms with van der Waals surface area (Å²) in [5, 5.41) is 13.4. The Morgan fingerprint density at radius 3 is 2.68 bits per heavy atom. The highest BCUT2D eigenvalue weighted by molar-refractivity contribution is 6.02. The molecule has 2 aromatic rings. The number of aryl methyl sites for hydroxylation is 1. The summed E-state index contributed by atoms with van der Waals surface area (Å²) >= 11 is 0. The lowest BCUT2D eigenvalue weighted by Crippen LogP contribution is -2.24. The topological polar surface area (TPSA) is 85.0 Å². The number of nitrogens with zero attached hydrogens (tertiary/aromatic N) is 3. The summed E-state index contributed by atoms with van der Waals surface area (Å²) in [5.74, 6) is -0.721. The van der Waals surface area contributed by atoms with Crippen molar-refractivity contribution in [2.45, 2.75) is 13.0 Å². The molecule has 0 radical (unpaired) electrons. The van der Waals surface area contributed by atoms with Gasteiger partial charge in [0.05, 0.1) is 5.39 Å². The second-order valence-corrected chi connectivity index (χ2v) is 4.00. The van der Waals surface area contributed by atoms with Crippen molar-refractivity contribution in [2.24, 2.45) is 7.05 Å². The van der Waals surface area contributed by atoms with Crippen molar-refractivity contribution >= 4 is 16.7 Å². The fourth-order valence-electron chi connectivity index (χ4n) is 1.69. The van der Waals surface area contributed by atoms with Crippen molar-refractivity contribution in [3.8, 4) is 6.07 Å². The highest BCUT2D eigenvalue weighted by atomic mass is 16.5. The monoisotopic (exact) mass is 257 g/mol. The van der Waals surface area contributed by atoms with Crippen LogP contribution >= 0.6 is 0 Å². The Balaban J connectivity index is 2.62. The van der Waals surface area contributed by atoms with Crippen LogP contribution in [0.15, 0.2) is 29.1 Å². The molecule has 1 aromatic carbocycles. The number of nitriles is 1. The molecule has 0 aliphatic heterocycles. The maximum Gasteiger partial charge on any atom is 0.360 e. The number of benzene rings is 1. The standard InChI is InChI=1S/C13H11N3O3/c1-8(7-14)19-13(18)11-9-5-3-4-6-10(9)12(17)16(2)15-11/h3-6,8H,1-2H3/t8-/m0/s1. The van der Waals surface area contributed by atoms with Gasteiger partial charge in [0.1, 0.15) is 6.07 Å². The van der Waals surface area contributed by atoms with Crippen LogP contribution in [0, 0.1) is 11.3 Å². The van der Waals surface area contributed by atoms with Gasteiger partial charge in [-0.25, -0.2) is 9.48 Å². The molecule has 0 saturated heterocycles. The number of esters is 1. The van der Waals surface area contributed by atoms with Gasteiger partial charge in [0.15, 0.2) is 11.8 Å². The quantitative estimate of drug-likeness (QED) is 0.749. The van der Waals surface area contributed by atoms with Gasteiger partial charge in [0, 0.05) is 12.4 Å². The van der Waals surface area contributed by atoms with Gasteiger partial charge in [-0.3, -0.25) is 4.79 Å². The molecule has 0 unspecified atom stereocenters. The fraction of sp³-hybridized carbons (Fsp3) is 0.231. The molecule has 0 bridgehead atoms. The molecule has 6 heteroatoms. The molecule has 0 fully saturated rings. The van der Waals surface area contributed by atoms with Crippen molar-refractivity contribution in [3.05, 3.63) is 40.3 Å². The predicted molar refractivity (Wildman–Crippen MR) is 67.5 cm³/mol. The predicted octanol–water partition coefficient (Wildman–Crippen LogP) is 1.00. The van der Waals surface area contributed by atoms with E-state index in [1.807, 2.05) is 0 Å². The Morgan fingerprint density at radius 1 is 1.42 bits per heavy atom. The molecule has 19 heavy (non-hydrogen) atoms. The van der Waals surface area contributed by atoms with Crippen molar-refractivity contribution in [1.29, 1.82) is 5.26 Å². The Kier molecular flexibility index (Phi) is 3.29. The van der Waals surface area contributed by atoms with Crippen LogP contribution in [-0.4, -0.2) is 21.9 Å². The SMILES string of the molecule is C[C@@H](C#N)OC(=O)c1nn(C)c(=O)c2ccccc12. The van der Waals surface area contributed by atoms with Crippen molar-refractivity contribution in [3.63, 3.8) is 0 Å². The normalized spacial score (nSPS) is 11.8. The first-order chi connectivity index (χ1) is 9.04. The molecule has 0 aliphatic rings. The minimum atomic E-state index is -0.870. The second kappa shape index (κ2) is 4.90. The summed E-state index contributed by atoms with van der Waals surface area (Å²) < 4.78 is 5.99. The van der Waals surface area contributed by atoms with E-state index in [0.29, 0.717) is 10.8 Å². The van der Waals surface area contributed by atoms with E-state index in [0.717, 1.165) is 4.68 Å². The van der Waals surface area contributed by atoms with E-state index in [1.165, 1.54) is 14.0 Å². The van der Waals surface area contributed by atoms with E-state index in [2.05, 4.69) is 5.10 Å². The van der Waals surface area contributed by atoms with Crippen molar-refractivity contribution in [1.82, 2.24) is 9.78 Å². The minimum absolute atomic E-state index is 0.0276. The van der Waals surface area contributed by atoms with E-state index in [1.54, 1.807) is 30.3 Å². The number of rotatable bonds is 2. The summed E-state index contributed by atoms with van der Waals surface area (Å²) in [6.07, 6.45) is -0.870. The van der Waals surface area contributed by atoms with Gasteiger partial charge in [-0.15, -0.1) is 0 Å². The molecule has 6 nitrogen and oxygen atoms in total. The van der Waals surface area contributed by atoms with Gasteiger partial charge >= 0.3 is 5.97 Å². The summed E-state index contributed by atoms with van der Waals surface area (Å²) in [7, 11) is 1.46. The third kappa shape index (κ3) is 2.31. The zero-order valence-corrected chi connectivity index (χ0v) is 10.5. The molecule has 1 heterocycles. The minimum Gasteiger partial charge on any atom is -0.442 e. The smallest absolute Gasteiger partial charge is 0.360 e. The van der Waals surface area contributed by atoms with Crippen LogP contribution in [0.3, 0.4) is 0 Å². The van der Waals surface area contributed by atoms with Gasteiger partial charge in [0.25, 0.3) is 5.56 Å². The maximum absolute atomic E-state index is 11.9. The van der Waals surface area contributed by atoms with Crippen LogP contribution in [0.1, 0.15) is 17.4 Å².